The summed E-state index contributed by atoms with van der Waals surface area (Å²) >= 11 is 0. The molecule has 35 heavy (non-hydrogen) atoms. The smallest absolute Gasteiger partial charge is 0.744 e. The standard InChI is InChI=1S/C30H48O3S.Na/c1-3-5-7-9-11-13-15-17-21-26-25-27-22-19-20-24-29(27)30(34(31,32)33)28(26)23-18-16-14-12-10-8-6-4-2;/h19-20,22,24-25H,3-18,21,23H2,1-2H3,(H,31,32,33);/q;+1/p-1. The third-order valence-corrected chi connectivity index (χ3v) is 7.99. The minimum Gasteiger partial charge on any atom is -0.744 e. The Balaban J connectivity index is 0.00000612. The maximum Gasteiger partial charge on any atom is 1.00 e. The molecule has 192 valence electrons. The molecule has 0 bridgehead atoms. The summed E-state index contributed by atoms with van der Waals surface area (Å²) in [7, 11) is -4.54. The molecule has 0 unspecified atom stereocenters. The van der Waals surface area contributed by atoms with Gasteiger partial charge in [0.1, 0.15) is 10.1 Å². The van der Waals surface area contributed by atoms with Gasteiger partial charge in [0.15, 0.2) is 0 Å². The van der Waals surface area contributed by atoms with Gasteiger partial charge >= 0.3 is 29.6 Å². The van der Waals surface area contributed by atoms with Crippen LogP contribution < -0.4 is 29.6 Å². The third-order valence-electron chi connectivity index (χ3n) is 7.03. The predicted octanol–water partition coefficient (Wildman–Crippen LogP) is 6.11. The summed E-state index contributed by atoms with van der Waals surface area (Å²) in [6.45, 7) is 4.47. The van der Waals surface area contributed by atoms with Crippen LogP contribution in [0, 0.1) is 0 Å². The van der Waals surface area contributed by atoms with Gasteiger partial charge in [0.25, 0.3) is 0 Å². The molecule has 0 fully saturated rings. The average Bonchev–Trinajstić information content (AvgIpc) is 2.81. The fourth-order valence-corrected chi connectivity index (χ4v) is 6.07. The van der Waals surface area contributed by atoms with E-state index in [0.29, 0.717) is 11.8 Å². The molecule has 0 atom stereocenters. The van der Waals surface area contributed by atoms with E-state index in [2.05, 4.69) is 19.9 Å². The number of hydrogen-bond donors (Lipinski definition) is 0. The van der Waals surface area contributed by atoms with E-state index in [1.807, 2.05) is 18.2 Å². The summed E-state index contributed by atoms with van der Waals surface area (Å²) in [5, 5.41) is 1.46. The van der Waals surface area contributed by atoms with Crippen molar-refractivity contribution >= 4 is 20.9 Å². The molecule has 0 aliphatic rings. The van der Waals surface area contributed by atoms with Gasteiger partial charge < -0.3 is 4.55 Å². The summed E-state index contributed by atoms with van der Waals surface area (Å²) in [4.78, 5) is 0.0445. The Bertz CT molecular complexity index is 940. The normalized spacial score (nSPS) is 11.6. The van der Waals surface area contributed by atoms with Crippen LogP contribution in [0.25, 0.3) is 10.8 Å². The first-order chi connectivity index (χ1) is 16.5. The molecule has 0 heterocycles. The fourth-order valence-electron chi connectivity index (χ4n) is 5.08. The molecule has 0 spiro atoms. The summed E-state index contributed by atoms with van der Waals surface area (Å²) in [6.07, 6.45) is 21.1. The second-order valence-electron chi connectivity index (χ2n) is 9.97. The summed E-state index contributed by atoms with van der Waals surface area (Å²) in [6, 6.07) is 9.61. The Labute approximate surface area is 237 Å². The molecular weight excluding hydrogens is 463 g/mol. The Hall–Kier alpha value is -0.390. The van der Waals surface area contributed by atoms with Crippen LogP contribution in [-0.2, 0) is 23.0 Å². The van der Waals surface area contributed by atoms with E-state index in [1.165, 1.54) is 77.0 Å². The Morgan fingerprint density at radius 2 is 1.11 bits per heavy atom. The van der Waals surface area contributed by atoms with Crippen LogP contribution in [-0.4, -0.2) is 13.0 Å². The molecule has 0 amide bonds. The van der Waals surface area contributed by atoms with Crippen LogP contribution in [0.5, 0.6) is 0 Å². The molecule has 0 radical (unpaired) electrons. The maximum absolute atomic E-state index is 12.4. The Morgan fingerprint density at radius 3 is 1.63 bits per heavy atom. The van der Waals surface area contributed by atoms with Crippen molar-refractivity contribution in [1.82, 2.24) is 0 Å². The SMILES string of the molecule is CCCCCCCCCCc1cc2ccccc2c(S(=O)(=O)[O-])c1CCCCCCCCCC.[Na+]. The van der Waals surface area contributed by atoms with E-state index in [9.17, 15) is 13.0 Å². The molecule has 0 aliphatic heterocycles. The van der Waals surface area contributed by atoms with Gasteiger partial charge in [-0.2, -0.15) is 0 Å². The largest absolute Gasteiger partial charge is 1.00 e. The van der Waals surface area contributed by atoms with Crippen LogP contribution in [0.1, 0.15) is 128 Å². The molecule has 0 saturated heterocycles. The topological polar surface area (TPSA) is 57.2 Å². The molecule has 3 nitrogen and oxygen atoms in total. The van der Waals surface area contributed by atoms with E-state index in [1.54, 1.807) is 6.07 Å². The van der Waals surface area contributed by atoms with Crippen molar-refractivity contribution in [3.63, 3.8) is 0 Å². The summed E-state index contributed by atoms with van der Waals surface area (Å²) in [5.74, 6) is 0. The predicted molar refractivity (Wildman–Crippen MR) is 145 cm³/mol. The van der Waals surface area contributed by atoms with Crippen molar-refractivity contribution in [3.8, 4) is 0 Å². The van der Waals surface area contributed by atoms with Gasteiger partial charge in [-0.1, -0.05) is 134 Å². The van der Waals surface area contributed by atoms with Crippen LogP contribution >= 0.6 is 0 Å². The van der Waals surface area contributed by atoms with E-state index in [4.69, 9.17) is 0 Å². The summed E-state index contributed by atoms with van der Waals surface area (Å²) < 4.78 is 37.2. The Morgan fingerprint density at radius 1 is 0.657 bits per heavy atom. The van der Waals surface area contributed by atoms with E-state index in [-0.39, 0.29) is 34.5 Å². The van der Waals surface area contributed by atoms with Gasteiger partial charge in [-0.05, 0) is 47.6 Å². The molecule has 0 N–H and O–H groups in total. The van der Waals surface area contributed by atoms with E-state index in [0.717, 1.165) is 48.6 Å². The number of unbranched alkanes of at least 4 members (excludes halogenated alkanes) is 14. The Kier molecular flexibility index (Phi) is 17.5. The number of hydrogen-bond acceptors (Lipinski definition) is 3. The quantitative estimate of drug-likeness (QED) is 0.130. The van der Waals surface area contributed by atoms with Gasteiger partial charge in [-0.25, -0.2) is 8.42 Å². The number of benzene rings is 2. The minimum absolute atomic E-state index is 0. The first kappa shape index (κ1) is 32.6. The molecule has 5 heteroatoms. The molecule has 0 aromatic heterocycles. The van der Waals surface area contributed by atoms with Gasteiger partial charge in [-0.3, -0.25) is 0 Å². The zero-order chi connectivity index (χ0) is 24.7. The monoisotopic (exact) mass is 510 g/mol. The zero-order valence-corrected chi connectivity index (χ0v) is 25.6. The number of aryl methyl sites for hydroxylation is 1. The van der Waals surface area contributed by atoms with Crippen molar-refractivity contribution in [2.75, 3.05) is 0 Å². The molecular formula is C30H47NaO3S. The zero-order valence-electron chi connectivity index (χ0n) is 22.7. The molecule has 2 rings (SSSR count). The van der Waals surface area contributed by atoms with E-state index < -0.39 is 10.1 Å². The van der Waals surface area contributed by atoms with E-state index >= 15 is 0 Å². The van der Waals surface area contributed by atoms with Crippen LogP contribution in [0.2, 0.25) is 0 Å². The average molecular weight is 511 g/mol. The third kappa shape index (κ3) is 12.1. The van der Waals surface area contributed by atoms with Crippen molar-refractivity contribution in [2.24, 2.45) is 0 Å². The first-order valence-corrected chi connectivity index (χ1v) is 15.4. The number of fused-ring (bicyclic) bond motifs is 1. The van der Waals surface area contributed by atoms with Gasteiger partial charge in [-0.15, -0.1) is 0 Å². The van der Waals surface area contributed by atoms with Crippen molar-refractivity contribution in [1.29, 1.82) is 0 Å². The maximum atomic E-state index is 12.4. The van der Waals surface area contributed by atoms with Crippen molar-refractivity contribution in [3.05, 3.63) is 41.5 Å². The molecule has 0 saturated carbocycles. The fraction of sp³-hybridized carbons (Fsp3) is 0.667. The van der Waals surface area contributed by atoms with Gasteiger partial charge in [0.2, 0.25) is 0 Å². The first-order valence-electron chi connectivity index (χ1n) is 14.0. The molecule has 2 aromatic carbocycles. The van der Waals surface area contributed by atoms with Crippen molar-refractivity contribution in [2.45, 2.75) is 134 Å². The number of rotatable bonds is 19. The second-order valence-corrected chi connectivity index (χ2v) is 11.3. The molecule has 0 aliphatic carbocycles. The summed E-state index contributed by atoms with van der Waals surface area (Å²) in [5.41, 5.74) is 1.87. The van der Waals surface area contributed by atoms with Crippen LogP contribution in [0.3, 0.4) is 0 Å². The van der Waals surface area contributed by atoms with Crippen molar-refractivity contribution < 1.29 is 42.5 Å². The molecule has 2 aromatic rings. The van der Waals surface area contributed by atoms with Crippen LogP contribution in [0.15, 0.2) is 35.2 Å². The second kappa shape index (κ2) is 18.8. The van der Waals surface area contributed by atoms with Crippen LogP contribution in [0.4, 0.5) is 0 Å². The van der Waals surface area contributed by atoms with Gasteiger partial charge in [0.05, 0.1) is 4.90 Å². The van der Waals surface area contributed by atoms with Gasteiger partial charge in [0, 0.05) is 0 Å². The minimum atomic E-state index is -4.54.